The Morgan fingerprint density at radius 2 is 2.05 bits per heavy atom. The standard InChI is InChI=1S/C13H9N3O4/c1-7-4-9(11(6-14)13(18)15-7)10-5-8(16(19)20)2-3-12(10)17/h2-5,17H,1H3,(H,15,18). The normalized spacial score (nSPS) is 10.0. The lowest BCUT2D eigenvalue weighted by molar-refractivity contribution is -0.384. The van der Waals surface area contributed by atoms with Crippen LogP contribution < -0.4 is 5.56 Å². The van der Waals surface area contributed by atoms with E-state index < -0.39 is 10.5 Å². The van der Waals surface area contributed by atoms with E-state index in [1.165, 1.54) is 6.07 Å². The first-order chi connectivity index (χ1) is 9.43. The average Bonchev–Trinajstić information content (AvgIpc) is 2.38. The van der Waals surface area contributed by atoms with Crippen molar-refractivity contribution in [1.29, 1.82) is 5.26 Å². The van der Waals surface area contributed by atoms with Crippen molar-refractivity contribution in [3.63, 3.8) is 0 Å². The van der Waals surface area contributed by atoms with E-state index in [0.717, 1.165) is 18.2 Å². The molecule has 2 N–H and O–H groups in total. The Balaban J connectivity index is 2.81. The maximum atomic E-state index is 11.7. The third-order valence-electron chi connectivity index (χ3n) is 2.76. The predicted octanol–water partition coefficient (Wildman–Crippen LogP) is 1.84. The van der Waals surface area contributed by atoms with Crippen LogP contribution in [-0.2, 0) is 0 Å². The van der Waals surface area contributed by atoms with Crippen LogP contribution in [0.1, 0.15) is 11.3 Å². The number of nitrogens with zero attached hydrogens (tertiary/aromatic N) is 2. The van der Waals surface area contributed by atoms with Gasteiger partial charge in [0.25, 0.3) is 11.2 Å². The SMILES string of the molecule is Cc1cc(-c2cc([N+](=O)[O-])ccc2O)c(C#N)c(=O)[nH]1. The van der Waals surface area contributed by atoms with Gasteiger partial charge in [-0.3, -0.25) is 14.9 Å². The number of aromatic nitrogens is 1. The average molecular weight is 271 g/mol. The number of aromatic amines is 1. The lowest BCUT2D eigenvalue weighted by atomic mass is 9.99. The first-order valence-corrected chi connectivity index (χ1v) is 5.56. The molecule has 20 heavy (non-hydrogen) atoms. The fourth-order valence-electron chi connectivity index (χ4n) is 1.87. The molecule has 1 aromatic carbocycles. The highest BCUT2D eigenvalue weighted by Gasteiger charge is 2.17. The number of non-ortho nitro benzene ring substituents is 1. The van der Waals surface area contributed by atoms with Crippen LogP contribution in [0.5, 0.6) is 5.75 Å². The van der Waals surface area contributed by atoms with E-state index in [2.05, 4.69) is 4.98 Å². The highest BCUT2D eigenvalue weighted by molar-refractivity contribution is 5.77. The zero-order valence-corrected chi connectivity index (χ0v) is 10.4. The van der Waals surface area contributed by atoms with Crippen LogP contribution in [0.15, 0.2) is 29.1 Å². The van der Waals surface area contributed by atoms with E-state index in [1.54, 1.807) is 13.0 Å². The number of H-pyrrole nitrogens is 1. The first-order valence-electron chi connectivity index (χ1n) is 5.56. The summed E-state index contributed by atoms with van der Waals surface area (Å²) in [6.07, 6.45) is 0. The fourth-order valence-corrected chi connectivity index (χ4v) is 1.87. The van der Waals surface area contributed by atoms with Crippen LogP contribution in [0.2, 0.25) is 0 Å². The van der Waals surface area contributed by atoms with Gasteiger partial charge >= 0.3 is 0 Å². The zero-order valence-electron chi connectivity index (χ0n) is 10.4. The molecule has 0 amide bonds. The van der Waals surface area contributed by atoms with Gasteiger partial charge in [0.05, 0.1) is 4.92 Å². The number of rotatable bonds is 2. The van der Waals surface area contributed by atoms with Gasteiger partial charge < -0.3 is 10.1 Å². The van der Waals surface area contributed by atoms with Crippen LogP contribution in [-0.4, -0.2) is 15.0 Å². The van der Waals surface area contributed by atoms with Crippen molar-refractivity contribution in [1.82, 2.24) is 4.98 Å². The van der Waals surface area contributed by atoms with Crippen LogP contribution in [0, 0.1) is 28.4 Å². The highest BCUT2D eigenvalue weighted by Crippen LogP contribution is 2.33. The van der Waals surface area contributed by atoms with Gasteiger partial charge in [0.1, 0.15) is 17.4 Å². The molecule has 0 bridgehead atoms. The van der Waals surface area contributed by atoms with Crippen molar-refractivity contribution in [3.8, 4) is 22.9 Å². The number of phenolic OH excluding ortho intramolecular Hbond substituents is 1. The van der Waals surface area contributed by atoms with Crippen molar-refractivity contribution in [2.45, 2.75) is 6.92 Å². The number of aryl methyl sites for hydroxylation is 1. The molecule has 0 saturated carbocycles. The molecule has 0 aliphatic heterocycles. The van der Waals surface area contributed by atoms with Gasteiger partial charge in [0.2, 0.25) is 0 Å². The number of phenols is 1. The third kappa shape index (κ3) is 2.22. The second-order valence-corrected chi connectivity index (χ2v) is 4.14. The lowest BCUT2D eigenvalue weighted by Gasteiger charge is -2.07. The molecule has 2 aromatic rings. The number of aromatic hydroxyl groups is 1. The number of hydrogen-bond acceptors (Lipinski definition) is 5. The van der Waals surface area contributed by atoms with E-state index >= 15 is 0 Å². The number of hydrogen-bond donors (Lipinski definition) is 2. The summed E-state index contributed by atoms with van der Waals surface area (Å²) >= 11 is 0. The number of benzene rings is 1. The molecule has 0 unspecified atom stereocenters. The molecule has 0 atom stereocenters. The predicted molar refractivity (Wildman–Crippen MR) is 70.3 cm³/mol. The van der Waals surface area contributed by atoms with Crippen LogP contribution in [0.3, 0.4) is 0 Å². The number of nitriles is 1. The quantitative estimate of drug-likeness (QED) is 0.637. The molecule has 1 heterocycles. The summed E-state index contributed by atoms with van der Waals surface area (Å²) in [6.45, 7) is 1.61. The summed E-state index contributed by atoms with van der Waals surface area (Å²) in [6, 6.07) is 6.66. The third-order valence-corrected chi connectivity index (χ3v) is 2.76. The summed E-state index contributed by atoms with van der Waals surface area (Å²) in [5, 5.41) is 29.6. The topological polar surface area (TPSA) is 120 Å². The monoisotopic (exact) mass is 271 g/mol. The summed E-state index contributed by atoms with van der Waals surface area (Å²) in [7, 11) is 0. The largest absolute Gasteiger partial charge is 0.507 e. The molecule has 1 aromatic heterocycles. The Hall–Kier alpha value is -3.14. The minimum Gasteiger partial charge on any atom is -0.507 e. The van der Waals surface area contributed by atoms with Crippen LogP contribution >= 0.6 is 0 Å². The molecule has 0 radical (unpaired) electrons. The molecule has 0 aliphatic rings. The Morgan fingerprint density at radius 1 is 1.35 bits per heavy atom. The van der Waals surface area contributed by atoms with E-state index in [-0.39, 0.29) is 28.1 Å². The van der Waals surface area contributed by atoms with Gasteiger partial charge in [0.15, 0.2) is 0 Å². The maximum Gasteiger partial charge on any atom is 0.270 e. The van der Waals surface area contributed by atoms with E-state index in [9.17, 15) is 20.0 Å². The van der Waals surface area contributed by atoms with E-state index in [1.807, 2.05) is 0 Å². The van der Waals surface area contributed by atoms with Crippen molar-refractivity contribution in [2.24, 2.45) is 0 Å². The number of pyridine rings is 1. The maximum absolute atomic E-state index is 11.7. The van der Waals surface area contributed by atoms with Gasteiger partial charge in [0, 0.05) is 29.0 Å². The second kappa shape index (κ2) is 4.85. The summed E-state index contributed by atoms with van der Waals surface area (Å²) < 4.78 is 0. The first kappa shape index (κ1) is 13.3. The Kier molecular flexibility index (Phi) is 3.23. The fraction of sp³-hybridized carbons (Fsp3) is 0.0769. The Labute approximate surface area is 112 Å². The Morgan fingerprint density at radius 3 is 2.65 bits per heavy atom. The molecular weight excluding hydrogens is 262 g/mol. The van der Waals surface area contributed by atoms with Gasteiger partial charge in [-0.05, 0) is 19.1 Å². The van der Waals surface area contributed by atoms with E-state index in [4.69, 9.17) is 5.26 Å². The van der Waals surface area contributed by atoms with Gasteiger partial charge in [-0.25, -0.2) is 0 Å². The van der Waals surface area contributed by atoms with Gasteiger partial charge in [-0.2, -0.15) is 5.26 Å². The number of nitrogens with one attached hydrogen (secondary N) is 1. The molecule has 7 nitrogen and oxygen atoms in total. The Bertz CT molecular complexity index is 802. The molecule has 0 fully saturated rings. The lowest BCUT2D eigenvalue weighted by Crippen LogP contribution is -2.12. The molecule has 7 heteroatoms. The molecule has 2 rings (SSSR count). The van der Waals surface area contributed by atoms with Crippen LogP contribution in [0.25, 0.3) is 11.1 Å². The second-order valence-electron chi connectivity index (χ2n) is 4.14. The minimum absolute atomic E-state index is 0.0740. The molecule has 100 valence electrons. The van der Waals surface area contributed by atoms with Crippen molar-refractivity contribution < 1.29 is 10.0 Å². The molecule has 0 aliphatic carbocycles. The molecular formula is C13H9N3O4. The summed E-state index contributed by atoms with van der Waals surface area (Å²) in [4.78, 5) is 24.3. The van der Waals surface area contributed by atoms with E-state index in [0.29, 0.717) is 5.69 Å². The minimum atomic E-state index is -0.616. The van der Waals surface area contributed by atoms with Gasteiger partial charge in [-0.15, -0.1) is 0 Å². The van der Waals surface area contributed by atoms with Crippen LogP contribution in [0.4, 0.5) is 5.69 Å². The summed E-state index contributed by atoms with van der Waals surface area (Å²) in [5.41, 5.74) is -0.325. The molecule has 0 spiro atoms. The number of nitro benzene ring substituents is 1. The highest BCUT2D eigenvalue weighted by atomic mass is 16.6. The van der Waals surface area contributed by atoms with Gasteiger partial charge in [-0.1, -0.05) is 0 Å². The zero-order chi connectivity index (χ0) is 14.9. The smallest absolute Gasteiger partial charge is 0.270 e. The van der Waals surface area contributed by atoms with Crippen molar-refractivity contribution in [2.75, 3.05) is 0 Å². The van der Waals surface area contributed by atoms with Crippen molar-refractivity contribution in [3.05, 3.63) is 56.0 Å². The van der Waals surface area contributed by atoms with Crippen molar-refractivity contribution >= 4 is 5.69 Å². The molecule has 0 saturated heterocycles. The summed E-state index contributed by atoms with van der Waals surface area (Å²) in [5.74, 6) is -0.239. The number of nitro groups is 1.